The lowest BCUT2D eigenvalue weighted by molar-refractivity contribution is -0.119. The van der Waals surface area contributed by atoms with Crippen molar-refractivity contribution in [3.63, 3.8) is 0 Å². The summed E-state index contributed by atoms with van der Waals surface area (Å²) in [4.78, 5) is 11.9. The van der Waals surface area contributed by atoms with Gasteiger partial charge in [0.25, 0.3) is 10.0 Å². The molecule has 10 heteroatoms. The summed E-state index contributed by atoms with van der Waals surface area (Å²) in [7, 11) is -1.11. The predicted octanol–water partition coefficient (Wildman–Crippen LogP) is 5.55. The first kappa shape index (κ1) is 32.2. The Bertz CT molecular complexity index is 1720. The number of ether oxygens (including phenoxy) is 2. The Hall–Kier alpha value is -4.15. The highest BCUT2D eigenvalue weighted by Gasteiger charge is 2.30. The molecule has 0 aliphatic heterocycles. The van der Waals surface area contributed by atoms with Crippen LogP contribution in [0, 0.1) is 24.6 Å². The SMILES string of the molecule is COc1cc([C@@H](O)[C@H](CC2Cc3ccccc3C2)Cn2ccc(CCC(=O)NS(=O)(=O)c3ccccc3F)c2)cc(OC)c1C. The first-order valence-electron chi connectivity index (χ1n) is 15.0. The van der Waals surface area contributed by atoms with E-state index >= 15 is 0 Å². The van der Waals surface area contributed by atoms with Crippen molar-refractivity contribution in [1.82, 2.24) is 9.29 Å². The third-order valence-corrected chi connectivity index (χ3v) is 10.0. The van der Waals surface area contributed by atoms with E-state index < -0.39 is 32.7 Å². The quantitative estimate of drug-likeness (QED) is 0.200. The van der Waals surface area contributed by atoms with Crippen LogP contribution in [0.5, 0.6) is 11.5 Å². The van der Waals surface area contributed by atoms with Gasteiger partial charge in [-0.3, -0.25) is 4.79 Å². The number of aromatic nitrogens is 1. The van der Waals surface area contributed by atoms with Crippen molar-refractivity contribution in [3.05, 3.63) is 113 Å². The van der Waals surface area contributed by atoms with Crippen LogP contribution in [0.1, 0.15) is 46.8 Å². The Morgan fingerprint density at radius 3 is 2.27 bits per heavy atom. The molecule has 8 nitrogen and oxygen atoms in total. The lowest BCUT2D eigenvalue weighted by atomic mass is 9.85. The van der Waals surface area contributed by atoms with Crippen molar-refractivity contribution in [1.29, 1.82) is 0 Å². The number of rotatable bonds is 13. The molecule has 2 N–H and O–H groups in total. The first-order chi connectivity index (χ1) is 21.6. The van der Waals surface area contributed by atoms with Crippen molar-refractivity contribution in [2.45, 2.75) is 56.6 Å². The van der Waals surface area contributed by atoms with E-state index in [0.29, 0.717) is 30.4 Å². The van der Waals surface area contributed by atoms with Crippen LogP contribution in [0.3, 0.4) is 0 Å². The Morgan fingerprint density at radius 1 is 1.02 bits per heavy atom. The molecule has 3 aromatic carbocycles. The number of sulfonamides is 1. The van der Waals surface area contributed by atoms with Crippen molar-refractivity contribution in [3.8, 4) is 11.5 Å². The highest BCUT2D eigenvalue weighted by molar-refractivity contribution is 7.90. The zero-order valence-electron chi connectivity index (χ0n) is 25.7. The van der Waals surface area contributed by atoms with Crippen LogP contribution in [0.2, 0.25) is 0 Å². The molecule has 1 aliphatic rings. The molecule has 0 saturated heterocycles. The van der Waals surface area contributed by atoms with E-state index in [2.05, 4.69) is 24.3 Å². The Labute approximate surface area is 263 Å². The molecule has 0 unspecified atom stereocenters. The number of aryl methyl sites for hydroxylation is 1. The fourth-order valence-corrected chi connectivity index (χ4v) is 7.39. The number of carbonyl (C=O) groups is 1. The molecule has 45 heavy (non-hydrogen) atoms. The predicted molar refractivity (Wildman–Crippen MR) is 169 cm³/mol. The Balaban J connectivity index is 1.29. The fourth-order valence-electron chi connectivity index (χ4n) is 6.30. The second-order valence-corrected chi connectivity index (χ2v) is 13.4. The largest absolute Gasteiger partial charge is 0.496 e. The van der Waals surface area contributed by atoms with Crippen molar-refractivity contribution >= 4 is 15.9 Å². The minimum absolute atomic E-state index is 0.0902. The Morgan fingerprint density at radius 2 is 1.64 bits per heavy atom. The molecule has 0 saturated carbocycles. The number of aliphatic hydroxyl groups is 1. The summed E-state index contributed by atoms with van der Waals surface area (Å²) in [6, 6.07) is 19.0. The van der Waals surface area contributed by atoms with Gasteiger partial charge in [-0.05, 0) is 91.1 Å². The number of nitrogens with one attached hydrogen (secondary N) is 1. The second-order valence-electron chi connectivity index (χ2n) is 11.7. The zero-order valence-corrected chi connectivity index (χ0v) is 26.5. The van der Waals surface area contributed by atoms with Gasteiger partial charge in [0.2, 0.25) is 5.91 Å². The molecule has 4 aromatic rings. The average Bonchev–Trinajstić information content (AvgIpc) is 3.65. The molecule has 1 aromatic heterocycles. The molecule has 0 bridgehead atoms. The number of carbonyl (C=O) groups excluding carboxylic acids is 1. The molecule has 1 aliphatic carbocycles. The minimum atomic E-state index is -4.31. The molecule has 5 rings (SSSR count). The summed E-state index contributed by atoms with van der Waals surface area (Å²) >= 11 is 0. The highest BCUT2D eigenvalue weighted by atomic mass is 32.2. The molecule has 0 fully saturated rings. The number of benzene rings is 3. The molecule has 1 amide bonds. The van der Waals surface area contributed by atoms with E-state index in [1.165, 1.54) is 23.3 Å². The molecule has 2 atom stereocenters. The van der Waals surface area contributed by atoms with E-state index in [-0.39, 0.29) is 12.3 Å². The second kappa shape index (κ2) is 13.9. The van der Waals surface area contributed by atoms with Crippen molar-refractivity contribution in [2.24, 2.45) is 11.8 Å². The van der Waals surface area contributed by atoms with Crippen LogP contribution in [0.25, 0.3) is 0 Å². The van der Waals surface area contributed by atoms with Crippen LogP contribution in [-0.2, 0) is 40.6 Å². The summed E-state index contributed by atoms with van der Waals surface area (Å²) in [5.74, 6) is -0.108. The Kier molecular flexibility index (Phi) is 9.94. The van der Waals surface area contributed by atoms with E-state index in [4.69, 9.17) is 9.47 Å². The number of amides is 1. The van der Waals surface area contributed by atoms with E-state index in [1.807, 2.05) is 46.8 Å². The van der Waals surface area contributed by atoms with Gasteiger partial charge >= 0.3 is 0 Å². The molecule has 0 radical (unpaired) electrons. The summed E-state index contributed by atoms with van der Waals surface area (Å²) in [5, 5.41) is 11.8. The molecule has 238 valence electrons. The molecular weight excluding hydrogens is 595 g/mol. The van der Waals surface area contributed by atoms with Crippen LogP contribution in [-0.4, -0.2) is 38.2 Å². The smallest absolute Gasteiger partial charge is 0.266 e. The van der Waals surface area contributed by atoms with Gasteiger partial charge in [-0.15, -0.1) is 0 Å². The van der Waals surface area contributed by atoms with Crippen molar-refractivity contribution in [2.75, 3.05) is 14.2 Å². The maximum absolute atomic E-state index is 14.0. The van der Waals surface area contributed by atoms with Gasteiger partial charge in [-0.1, -0.05) is 36.4 Å². The average molecular weight is 635 g/mol. The number of aliphatic hydroxyl groups excluding tert-OH is 1. The number of nitrogens with zero attached hydrogens (tertiary/aromatic N) is 1. The number of fused-ring (bicyclic) bond motifs is 1. The van der Waals surface area contributed by atoms with Gasteiger partial charge in [-0.25, -0.2) is 17.5 Å². The van der Waals surface area contributed by atoms with E-state index in [1.54, 1.807) is 14.2 Å². The minimum Gasteiger partial charge on any atom is -0.496 e. The lowest BCUT2D eigenvalue weighted by Crippen LogP contribution is -2.31. The van der Waals surface area contributed by atoms with Crippen molar-refractivity contribution < 1.29 is 32.2 Å². The van der Waals surface area contributed by atoms with Gasteiger partial charge < -0.3 is 19.1 Å². The van der Waals surface area contributed by atoms with E-state index in [0.717, 1.165) is 48.1 Å². The number of halogens is 1. The highest BCUT2D eigenvalue weighted by Crippen LogP contribution is 2.39. The number of hydrogen-bond donors (Lipinski definition) is 2. The zero-order chi connectivity index (χ0) is 32.1. The molecule has 1 heterocycles. The normalized spacial score (nSPS) is 14.5. The monoisotopic (exact) mass is 634 g/mol. The standard InChI is InChI=1S/C35H39FN2O6S/c1-23-31(43-2)19-28(20-32(23)44-3)35(40)29(18-25-16-26-8-4-5-9-27(26)17-25)22-38-15-14-24(21-38)12-13-34(39)37-45(41,42)33-11-7-6-10-30(33)36/h4-11,14-15,19-21,25,29,35,40H,12-13,16-18,22H2,1-3H3,(H,37,39)/t29-,35-/m1/s1. The fraction of sp³-hybridized carbons (Fsp3) is 0.343. The maximum atomic E-state index is 14.0. The lowest BCUT2D eigenvalue weighted by Gasteiger charge is -2.27. The summed E-state index contributed by atoms with van der Waals surface area (Å²) in [6.07, 6.45) is 5.94. The third-order valence-electron chi connectivity index (χ3n) is 8.61. The van der Waals surface area contributed by atoms with Gasteiger partial charge in [-0.2, -0.15) is 0 Å². The van der Waals surface area contributed by atoms with Gasteiger partial charge in [0.15, 0.2) is 0 Å². The van der Waals surface area contributed by atoms with Gasteiger partial charge in [0.1, 0.15) is 22.2 Å². The van der Waals surface area contributed by atoms with Gasteiger partial charge in [0.05, 0.1) is 20.3 Å². The van der Waals surface area contributed by atoms with Gasteiger partial charge in [0, 0.05) is 36.8 Å². The van der Waals surface area contributed by atoms with Crippen LogP contribution >= 0.6 is 0 Å². The van der Waals surface area contributed by atoms with Crippen LogP contribution in [0.15, 0.2) is 84.0 Å². The summed E-state index contributed by atoms with van der Waals surface area (Å²) < 4.78 is 54.1. The summed E-state index contributed by atoms with van der Waals surface area (Å²) in [5.41, 5.74) is 5.13. The number of hydrogen-bond acceptors (Lipinski definition) is 6. The van der Waals surface area contributed by atoms with E-state index in [9.17, 15) is 22.7 Å². The molecule has 0 spiro atoms. The van der Waals surface area contributed by atoms with Crippen LogP contribution < -0.4 is 14.2 Å². The summed E-state index contributed by atoms with van der Waals surface area (Å²) in [6.45, 7) is 2.44. The first-order valence-corrected chi connectivity index (χ1v) is 16.5. The topological polar surface area (TPSA) is 107 Å². The van der Waals surface area contributed by atoms with Crippen LogP contribution in [0.4, 0.5) is 4.39 Å². The molecular formula is C35H39FN2O6S. The maximum Gasteiger partial charge on any atom is 0.266 e. The number of methoxy groups -OCH3 is 2. The third kappa shape index (κ3) is 7.57.